The number of rotatable bonds is 5. The molecule has 98 valence electrons. The average molecular weight is 246 g/mol. The summed E-state index contributed by atoms with van der Waals surface area (Å²) in [6.07, 6.45) is 1.76. The van der Waals surface area contributed by atoms with Crippen molar-refractivity contribution in [3.05, 3.63) is 36.0 Å². The van der Waals surface area contributed by atoms with E-state index in [-0.39, 0.29) is 12.0 Å². The molecule has 1 heterocycles. The minimum absolute atomic E-state index is 0.283. The first-order chi connectivity index (χ1) is 8.61. The molecule has 3 nitrogen and oxygen atoms in total. The van der Waals surface area contributed by atoms with Crippen LogP contribution in [-0.4, -0.2) is 22.8 Å². The minimum Gasteiger partial charge on any atom is -0.391 e. The summed E-state index contributed by atoms with van der Waals surface area (Å²) in [5, 5.41) is 14.4. The number of fused-ring (bicyclic) bond motifs is 1. The van der Waals surface area contributed by atoms with Gasteiger partial charge in [0.25, 0.3) is 0 Å². The molecule has 18 heavy (non-hydrogen) atoms. The van der Waals surface area contributed by atoms with Crippen molar-refractivity contribution in [1.29, 1.82) is 0 Å². The molecule has 2 N–H and O–H groups in total. The van der Waals surface area contributed by atoms with Crippen molar-refractivity contribution in [3.8, 4) is 0 Å². The van der Waals surface area contributed by atoms with Gasteiger partial charge in [0, 0.05) is 24.8 Å². The van der Waals surface area contributed by atoms with Crippen molar-refractivity contribution in [2.24, 2.45) is 5.92 Å². The topological polar surface area (TPSA) is 37.2 Å². The zero-order chi connectivity index (χ0) is 13.1. The van der Waals surface area contributed by atoms with Gasteiger partial charge in [-0.1, -0.05) is 19.9 Å². The Kier molecular flexibility index (Phi) is 4.04. The molecule has 0 spiro atoms. The van der Waals surface area contributed by atoms with Crippen molar-refractivity contribution in [1.82, 2.24) is 9.88 Å². The summed E-state index contributed by atoms with van der Waals surface area (Å²) in [5.74, 6) is 0.283. The van der Waals surface area contributed by atoms with Gasteiger partial charge in [-0.05, 0) is 42.1 Å². The van der Waals surface area contributed by atoms with Crippen LogP contribution >= 0.6 is 0 Å². The van der Waals surface area contributed by atoms with E-state index in [2.05, 4.69) is 40.3 Å². The molecule has 0 fully saturated rings. The van der Waals surface area contributed by atoms with Crippen LogP contribution in [0.25, 0.3) is 10.9 Å². The molecule has 2 aromatic rings. The van der Waals surface area contributed by atoms with Crippen LogP contribution in [0.1, 0.15) is 19.4 Å². The van der Waals surface area contributed by atoms with E-state index in [9.17, 15) is 5.11 Å². The zero-order valence-corrected chi connectivity index (χ0v) is 11.4. The number of aromatic nitrogens is 1. The van der Waals surface area contributed by atoms with Crippen LogP contribution in [0.3, 0.4) is 0 Å². The first-order valence-corrected chi connectivity index (χ1v) is 6.52. The normalized spacial score (nSPS) is 13.4. The van der Waals surface area contributed by atoms with E-state index in [0.29, 0.717) is 6.54 Å². The number of hydrogen-bond donors (Lipinski definition) is 2. The molecule has 0 saturated carbocycles. The van der Waals surface area contributed by atoms with Crippen molar-refractivity contribution in [3.63, 3.8) is 0 Å². The molecule has 1 unspecified atom stereocenters. The maximum atomic E-state index is 9.97. The van der Waals surface area contributed by atoms with Crippen LogP contribution in [0.5, 0.6) is 0 Å². The lowest BCUT2D eigenvalue weighted by Crippen LogP contribution is -2.21. The lowest BCUT2D eigenvalue weighted by atomic mass is 10.1. The van der Waals surface area contributed by atoms with E-state index >= 15 is 0 Å². The SMILES string of the molecule is CNCc1ccc2c(ccn2CC(O)C(C)C)c1. The highest BCUT2D eigenvalue weighted by Crippen LogP contribution is 2.19. The van der Waals surface area contributed by atoms with Gasteiger partial charge in [0.15, 0.2) is 0 Å². The first kappa shape index (κ1) is 13.1. The number of hydrogen-bond acceptors (Lipinski definition) is 2. The first-order valence-electron chi connectivity index (χ1n) is 6.52. The van der Waals surface area contributed by atoms with Gasteiger partial charge < -0.3 is 15.0 Å². The molecule has 0 radical (unpaired) electrons. The summed E-state index contributed by atoms with van der Waals surface area (Å²) in [6.45, 7) is 5.63. The second-order valence-corrected chi connectivity index (χ2v) is 5.20. The quantitative estimate of drug-likeness (QED) is 0.850. The smallest absolute Gasteiger partial charge is 0.0741 e. The summed E-state index contributed by atoms with van der Waals surface area (Å²) in [4.78, 5) is 0. The average Bonchev–Trinajstić information content (AvgIpc) is 2.72. The fraction of sp³-hybridized carbons (Fsp3) is 0.467. The number of aliphatic hydroxyl groups is 1. The Labute approximate surface area is 108 Å². The lowest BCUT2D eigenvalue weighted by Gasteiger charge is -2.16. The van der Waals surface area contributed by atoms with Crippen LogP contribution in [0, 0.1) is 5.92 Å². The second-order valence-electron chi connectivity index (χ2n) is 5.20. The van der Waals surface area contributed by atoms with Crippen LogP contribution in [-0.2, 0) is 13.1 Å². The van der Waals surface area contributed by atoms with E-state index in [1.165, 1.54) is 16.5 Å². The van der Waals surface area contributed by atoms with Gasteiger partial charge in [0.05, 0.1) is 6.10 Å². The molecule has 0 aliphatic heterocycles. The predicted molar refractivity (Wildman–Crippen MR) is 75.5 cm³/mol. The van der Waals surface area contributed by atoms with Gasteiger partial charge in [-0.2, -0.15) is 0 Å². The molecule has 0 aliphatic rings. The highest BCUT2D eigenvalue weighted by Gasteiger charge is 2.11. The van der Waals surface area contributed by atoms with Gasteiger partial charge in [0.2, 0.25) is 0 Å². The Hall–Kier alpha value is -1.32. The van der Waals surface area contributed by atoms with Crippen molar-refractivity contribution in [2.75, 3.05) is 7.05 Å². The third-order valence-corrected chi connectivity index (χ3v) is 3.37. The largest absolute Gasteiger partial charge is 0.391 e. The van der Waals surface area contributed by atoms with Gasteiger partial charge in [0.1, 0.15) is 0 Å². The second kappa shape index (κ2) is 5.55. The monoisotopic (exact) mass is 246 g/mol. The molecule has 2 rings (SSSR count). The van der Waals surface area contributed by atoms with Crippen LogP contribution < -0.4 is 5.32 Å². The molecule has 0 amide bonds. The van der Waals surface area contributed by atoms with Crippen molar-refractivity contribution < 1.29 is 5.11 Å². The van der Waals surface area contributed by atoms with E-state index in [0.717, 1.165) is 6.54 Å². The van der Waals surface area contributed by atoms with Gasteiger partial charge in [-0.15, -0.1) is 0 Å². The van der Waals surface area contributed by atoms with E-state index < -0.39 is 0 Å². The predicted octanol–water partition coefficient (Wildman–Crippen LogP) is 2.38. The third-order valence-electron chi connectivity index (χ3n) is 3.37. The number of nitrogens with one attached hydrogen (secondary N) is 1. The maximum absolute atomic E-state index is 9.97. The summed E-state index contributed by atoms with van der Waals surface area (Å²) >= 11 is 0. The van der Waals surface area contributed by atoms with Crippen molar-refractivity contribution >= 4 is 10.9 Å². The van der Waals surface area contributed by atoms with Crippen LogP contribution in [0.4, 0.5) is 0 Å². The Morgan fingerprint density at radius 3 is 2.72 bits per heavy atom. The standard InChI is InChI=1S/C15H22N2O/c1-11(2)15(18)10-17-7-6-13-8-12(9-16-3)4-5-14(13)17/h4-8,11,15-16,18H,9-10H2,1-3H3. The fourth-order valence-corrected chi connectivity index (χ4v) is 2.14. The Balaban J connectivity index is 2.25. The Morgan fingerprint density at radius 1 is 1.28 bits per heavy atom. The third kappa shape index (κ3) is 2.74. The number of nitrogens with zero attached hydrogens (tertiary/aromatic N) is 1. The summed E-state index contributed by atoms with van der Waals surface area (Å²) in [6, 6.07) is 8.58. The molecule has 1 aromatic carbocycles. The van der Waals surface area contributed by atoms with E-state index in [1.807, 2.05) is 20.9 Å². The summed E-state index contributed by atoms with van der Waals surface area (Å²) in [7, 11) is 1.95. The molecule has 0 bridgehead atoms. The van der Waals surface area contributed by atoms with E-state index in [4.69, 9.17) is 0 Å². The Bertz CT molecular complexity index is 516. The fourth-order valence-electron chi connectivity index (χ4n) is 2.14. The van der Waals surface area contributed by atoms with Crippen LogP contribution in [0.15, 0.2) is 30.5 Å². The molecule has 0 saturated heterocycles. The molecule has 1 atom stereocenters. The molecular weight excluding hydrogens is 224 g/mol. The molecular formula is C15H22N2O. The van der Waals surface area contributed by atoms with Gasteiger partial charge in [-0.3, -0.25) is 0 Å². The minimum atomic E-state index is -0.294. The maximum Gasteiger partial charge on any atom is 0.0741 e. The Morgan fingerprint density at radius 2 is 2.06 bits per heavy atom. The van der Waals surface area contributed by atoms with Crippen LogP contribution in [0.2, 0.25) is 0 Å². The molecule has 0 aliphatic carbocycles. The van der Waals surface area contributed by atoms with E-state index in [1.54, 1.807) is 0 Å². The molecule has 1 aromatic heterocycles. The highest BCUT2D eigenvalue weighted by atomic mass is 16.3. The zero-order valence-electron chi connectivity index (χ0n) is 11.4. The van der Waals surface area contributed by atoms with Gasteiger partial charge >= 0.3 is 0 Å². The van der Waals surface area contributed by atoms with Crippen molar-refractivity contribution in [2.45, 2.75) is 33.0 Å². The highest BCUT2D eigenvalue weighted by molar-refractivity contribution is 5.80. The number of aliphatic hydroxyl groups excluding tert-OH is 1. The molecule has 3 heteroatoms. The van der Waals surface area contributed by atoms with Gasteiger partial charge in [-0.25, -0.2) is 0 Å². The summed E-state index contributed by atoms with van der Waals surface area (Å²) < 4.78 is 2.13. The summed E-state index contributed by atoms with van der Waals surface area (Å²) in [5.41, 5.74) is 2.47. The lowest BCUT2D eigenvalue weighted by molar-refractivity contribution is 0.108. The number of benzene rings is 1.